The number of nitrogens with zero attached hydrogens (tertiary/aromatic N) is 3. The second kappa shape index (κ2) is 7.20. The van der Waals surface area contributed by atoms with Gasteiger partial charge in [-0.3, -0.25) is 4.79 Å². The lowest BCUT2D eigenvalue weighted by Crippen LogP contribution is -2.13. The molecule has 1 amide bonds. The van der Waals surface area contributed by atoms with E-state index in [2.05, 4.69) is 46.5 Å². The molecule has 23 heavy (non-hydrogen) atoms. The van der Waals surface area contributed by atoms with Crippen molar-refractivity contribution >= 4 is 45.5 Å². The fourth-order valence-corrected chi connectivity index (χ4v) is 3.90. The number of hydrogen-bond donors (Lipinski definition) is 1. The molecule has 0 radical (unpaired) electrons. The van der Waals surface area contributed by atoms with Crippen molar-refractivity contribution < 1.29 is 4.79 Å². The summed E-state index contributed by atoms with van der Waals surface area (Å²) in [6.45, 7) is 4.17. The van der Waals surface area contributed by atoms with E-state index in [1.165, 1.54) is 45.6 Å². The third-order valence-corrected chi connectivity index (χ3v) is 5.84. The molecule has 8 heteroatoms. The van der Waals surface area contributed by atoms with E-state index in [9.17, 15) is 4.79 Å². The summed E-state index contributed by atoms with van der Waals surface area (Å²) in [5.74, 6) is 0.208. The first-order chi connectivity index (χ1) is 11.1. The molecule has 0 unspecified atom stereocenters. The zero-order chi connectivity index (χ0) is 16.2. The quantitative estimate of drug-likeness (QED) is 0.695. The zero-order valence-corrected chi connectivity index (χ0v) is 15.0. The summed E-state index contributed by atoms with van der Waals surface area (Å²) < 4.78 is 0.787. The number of benzene rings is 1. The molecular weight excluding hydrogens is 348 g/mol. The molecule has 0 atom stereocenters. The van der Waals surface area contributed by atoms with Gasteiger partial charge in [0.1, 0.15) is 5.51 Å². The molecule has 0 spiro atoms. The van der Waals surface area contributed by atoms with E-state index in [1.54, 1.807) is 5.51 Å². The van der Waals surface area contributed by atoms with E-state index >= 15 is 0 Å². The SMILES string of the molecule is Cc1ccc(-c2csc(NC(=O)CSc3nncs3)n2)cc1C. The Morgan fingerprint density at radius 2 is 2.13 bits per heavy atom. The first-order valence-corrected chi connectivity index (χ1v) is 9.58. The van der Waals surface area contributed by atoms with E-state index in [-0.39, 0.29) is 5.91 Å². The lowest BCUT2D eigenvalue weighted by molar-refractivity contribution is -0.113. The van der Waals surface area contributed by atoms with Gasteiger partial charge in [-0.15, -0.1) is 21.5 Å². The Kier molecular flexibility index (Phi) is 5.04. The van der Waals surface area contributed by atoms with Crippen molar-refractivity contribution in [1.29, 1.82) is 0 Å². The van der Waals surface area contributed by atoms with E-state index in [4.69, 9.17) is 0 Å². The summed E-state index contributed by atoms with van der Waals surface area (Å²) in [6.07, 6.45) is 0. The minimum atomic E-state index is -0.0915. The van der Waals surface area contributed by atoms with Gasteiger partial charge in [0.25, 0.3) is 0 Å². The van der Waals surface area contributed by atoms with Crippen molar-refractivity contribution in [2.45, 2.75) is 18.2 Å². The number of amides is 1. The van der Waals surface area contributed by atoms with Gasteiger partial charge in [-0.2, -0.15) is 0 Å². The standard InChI is InChI=1S/C15H14N4OS3/c1-9-3-4-11(5-10(9)2)12-6-21-14(17-12)18-13(20)7-22-15-19-16-8-23-15/h3-6,8H,7H2,1-2H3,(H,17,18,20). The molecule has 0 aliphatic heterocycles. The Morgan fingerprint density at radius 3 is 2.87 bits per heavy atom. The maximum Gasteiger partial charge on any atom is 0.236 e. The number of thiazole rings is 1. The van der Waals surface area contributed by atoms with Crippen LogP contribution in [-0.4, -0.2) is 26.8 Å². The van der Waals surface area contributed by atoms with Crippen LogP contribution in [0.2, 0.25) is 0 Å². The van der Waals surface area contributed by atoms with E-state index in [0.717, 1.165) is 15.6 Å². The van der Waals surface area contributed by atoms with Crippen LogP contribution >= 0.6 is 34.4 Å². The number of hydrogen-bond acceptors (Lipinski definition) is 7. The van der Waals surface area contributed by atoms with Crippen LogP contribution in [0.3, 0.4) is 0 Å². The normalized spacial score (nSPS) is 10.7. The number of carbonyl (C=O) groups is 1. The molecule has 3 aromatic rings. The Morgan fingerprint density at radius 1 is 1.26 bits per heavy atom. The minimum absolute atomic E-state index is 0.0915. The van der Waals surface area contributed by atoms with Crippen molar-refractivity contribution in [2.24, 2.45) is 0 Å². The number of aromatic nitrogens is 3. The smallest absolute Gasteiger partial charge is 0.236 e. The predicted molar refractivity (Wildman–Crippen MR) is 96.3 cm³/mol. The highest BCUT2D eigenvalue weighted by atomic mass is 32.2. The summed E-state index contributed by atoms with van der Waals surface area (Å²) in [5.41, 5.74) is 6.08. The fraction of sp³-hybridized carbons (Fsp3) is 0.200. The van der Waals surface area contributed by atoms with Crippen molar-refractivity contribution in [3.8, 4) is 11.3 Å². The molecule has 0 aliphatic carbocycles. The lowest BCUT2D eigenvalue weighted by Gasteiger charge is -2.02. The van der Waals surface area contributed by atoms with E-state index in [0.29, 0.717) is 10.9 Å². The highest BCUT2D eigenvalue weighted by Crippen LogP contribution is 2.27. The predicted octanol–water partition coefficient (Wildman–Crippen LogP) is 4.01. The first-order valence-electron chi connectivity index (χ1n) is 6.84. The molecule has 3 rings (SSSR count). The molecular formula is C15H14N4OS3. The summed E-state index contributed by atoms with van der Waals surface area (Å²) in [5, 5.41) is 13.0. The average molecular weight is 363 g/mol. The largest absolute Gasteiger partial charge is 0.301 e. The Labute approximate surface area is 146 Å². The minimum Gasteiger partial charge on any atom is -0.301 e. The Balaban J connectivity index is 1.62. The van der Waals surface area contributed by atoms with Gasteiger partial charge in [0.15, 0.2) is 9.47 Å². The van der Waals surface area contributed by atoms with Crippen LogP contribution in [0.4, 0.5) is 5.13 Å². The molecule has 0 saturated carbocycles. The van der Waals surface area contributed by atoms with Crippen LogP contribution < -0.4 is 5.32 Å². The molecule has 0 aliphatic rings. The number of rotatable bonds is 5. The average Bonchev–Trinajstić information content (AvgIpc) is 3.19. The van der Waals surface area contributed by atoms with Crippen LogP contribution in [0.5, 0.6) is 0 Å². The van der Waals surface area contributed by atoms with Gasteiger partial charge >= 0.3 is 0 Å². The zero-order valence-electron chi connectivity index (χ0n) is 12.6. The second-order valence-electron chi connectivity index (χ2n) is 4.88. The molecule has 5 nitrogen and oxygen atoms in total. The van der Waals surface area contributed by atoms with E-state index < -0.39 is 0 Å². The number of aryl methyl sites for hydroxylation is 2. The number of carbonyl (C=O) groups excluding carboxylic acids is 1. The van der Waals surface area contributed by atoms with Crippen LogP contribution in [-0.2, 0) is 4.79 Å². The number of anilines is 1. The fourth-order valence-electron chi connectivity index (χ4n) is 1.87. The summed E-state index contributed by atoms with van der Waals surface area (Å²) in [7, 11) is 0. The van der Waals surface area contributed by atoms with Gasteiger partial charge in [-0.05, 0) is 31.0 Å². The van der Waals surface area contributed by atoms with Crippen molar-refractivity contribution in [3.63, 3.8) is 0 Å². The lowest BCUT2D eigenvalue weighted by atomic mass is 10.1. The molecule has 1 N–H and O–H groups in total. The monoisotopic (exact) mass is 362 g/mol. The van der Waals surface area contributed by atoms with Crippen molar-refractivity contribution in [2.75, 3.05) is 11.1 Å². The van der Waals surface area contributed by atoms with E-state index in [1.807, 2.05) is 11.4 Å². The molecule has 0 saturated heterocycles. The number of thioether (sulfide) groups is 1. The topological polar surface area (TPSA) is 67.8 Å². The molecule has 0 fully saturated rings. The Hall–Kier alpha value is -1.77. The van der Waals surface area contributed by atoms with Gasteiger partial charge in [-0.1, -0.05) is 35.2 Å². The summed E-state index contributed by atoms with van der Waals surface area (Å²) >= 11 is 4.22. The van der Waals surface area contributed by atoms with Crippen LogP contribution in [0.1, 0.15) is 11.1 Å². The second-order valence-corrected chi connectivity index (χ2v) is 7.79. The Bertz CT molecular complexity index is 814. The molecule has 2 aromatic heterocycles. The molecule has 0 bridgehead atoms. The number of nitrogens with one attached hydrogen (secondary N) is 1. The maximum absolute atomic E-state index is 11.9. The van der Waals surface area contributed by atoms with Gasteiger partial charge < -0.3 is 5.32 Å². The molecule has 2 heterocycles. The summed E-state index contributed by atoms with van der Waals surface area (Å²) in [4.78, 5) is 16.4. The van der Waals surface area contributed by atoms with Crippen LogP contribution in [0.25, 0.3) is 11.3 Å². The maximum atomic E-state index is 11.9. The van der Waals surface area contributed by atoms with Crippen LogP contribution in [0, 0.1) is 13.8 Å². The highest BCUT2D eigenvalue weighted by molar-refractivity contribution is 8.01. The van der Waals surface area contributed by atoms with Crippen LogP contribution in [0.15, 0.2) is 33.4 Å². The summed E-state index contributed by atoms with van der Waals surface area (Å²) in [6, 6.07) is 6.25. The molecule has 1 aromatic carbocycles. The van der Waals surface area contributed by atoms with Crippen molar-refractivity contribution in [1.82, 2.24) is 15.2 Å². The van der Waals surface area contributed by atoms with Gasteiger partial charge in [0.2, 0.25) is 5.91 Å². The van der Waals surface area contributed by atoms with Gasteiger partial charge in [-0.25, -0.2) is 4.98 Å². The third-order valence-electron chi connectivity index (χ3n) is 3.22. The first kappa shape index (κ1) is 16.1. The molecule has 118 valence electrons. The van der Waals surface area contributed by atoms with Gasteiger partial charge in [0, 0.05) is 10.9 Å². The van der Waals surface area contributed by atoms with Gasteiger partial charge in [0.05, 0.1) is 11.4 Å². The highest BCUT2D eigenvalue weighted by Gasteiger charge is 2.10. The third kappa shape index (κ3) is 4.15. The van der Waals surface area contributed by atoms with Crippen molar-refractivity contribution in [3.05, 3.63) is 40.2 Å².